The van der Waals surface area contributed by atoms with Crippen LogP contribution in [0.15, 0.2) is 47.8 Å². The van der Waals surface area contributed by atoms with Gasteiger partial charge in [-0.15, -0.1) is 4.91 Å². The van der Waals surface area contributed by atoms with E-state index in [-0.39, 0.29) is 11.6 Å². The lowest BCUT2D eigenvalue weighted by Crippen LogP contribution is -1.82. The maximum absolute atomic E-state index is 12.9. The van der Waals surface area contributed by atoms with Crippen LogP contribution in [-0.4, -0.2) is 9.38 Å². The van der Waals surface area contributed by atoms with Crippen molar-refractivity contribution < 1.29 is 4.39 Å². The van der Waals surface area contributed by atoms with Crippen molar-refractivity contribution in [2.24, 2.45) is 5.18 Å². The zero-order valence-corrected chi connectivity index (χ0v) is 10.3. The Balaban J connectivity index is 2.32. The SMILES string of the molecule is O=Nc1c(-c2ccc(F)cc2)nc2c(Cl)cccn12. The molecular formula is C13H7ClFN3O. The zero-order chi connectivity index (χ0) is 13.4. The van der Waals surface area contributed by atoms with Crippen LogP contribution in [0.5, 0.6) is 0 Å². The van der Waals surface area contributed by atoms with Gasteiger partial charge in [0.25, 0.3) is 0 Å². The Morgan fingerprint density at radius 1 is 1.21 bits per heavy atom. The molecule has 2 heterocycles. The summed E-state index contributed by atoms with van der Waals surface area (Å²) in [4.78, 5) is 15.3. The summed E-state index contributed by atoms with van der Waals surface area (Å²) < 4.78 is 14.4. The number of nitroso groups, excluding NO2 is 1. The van der Waals surface area contributed by atoms with E-state index in [1.807, 2.05) is 0 Å². The third kappa shape index (κ3) is 1.88. The number of hydrogen-bond donors (Lipinski definition) is 0. The van der Waals surface area contributed by atoms with Gasteiger partial charge in [-0.1, -0.05) is 11.6 Å². The van der Waals surface area contributed by atoms with Gasteiger partial charge in [0.05, 0.1) is 5.02 Å². The molecule has 0 aliphatic rings. The Morgan fingerprint density at radius 3 is 2.63 bits per heavy atom. The molecule has 0 aliphatic heterocycles. The summed E-state index contributed by atoms with van der Waals surface area (Å²) in [5.41, 5.74) is 1.43. The molecule has 94 valence electrons. The van der Waals surface area contributed by atoms with Gasteiger partial charge in [0.2, 0.25) is 5.82 Å². The maximum Gasteiger partial charge on any atom is 0.209 e. The van der Waals surface area contributed by atoms with E-state index >= 15 is 0 Å². The molecule has 0 saturated carbocycles. The average molecular weight is 276 g/mol. The molecule has 0 saturated heterocycles. The first-order valence-corrected chi connectivity index (χ1v) is 5.84. The van der Waals surface area contributed by atoms with Gasteiger partial charge in [0.15, 0.2) is 5.65 Å². The summed E-state index contributed by atoms with van der Waals surface area (Å²) in [5.74, 6) is -0.213. The molecule has 0 spiro atoms. The first kappa shape index (κ1) is 11.8. The molecule has 2 aromatic heterocycles. The number of nitrogens with zero attached hydrogens (tertiary/aromatic N) is 3. The minimum Gasteiger partial charge on any atom is -0.280 e. The van der Waals surface area contributed by atoms with Crippen LogP contribution in [0.1, 0.15) is 0 Å². The number of pyridine rings is 1. The van der Waals surface area contributed by atoms with E-state index < -0.39 is 0 Å². The molecule has 6 heteroatoms. The summed E-state index contributed by atoms with van der Waals surface area (Å²) in [5, 5.41) is 3.41. The second-order valence-corrected chi connectivity index (χ2v) is 4.34. The first-order chi connectivity index (χ1) is 9.20. The van der Waals surface area contributed by atoms with Crippen LogP contribution in [-0.2, 0) is 0 Å². The molecule has 0 unspecified atom stereocenters. The standard InChI is InChI=1S/C13H7ClFN3O/c14-10-2-1-7-18-12(10)16-11(13(18)17-19)8-3-5-9(15)6-4-8/h1-7H. The van der Waals surface area contributed by atoms with Gasteiger partial charge in [-0.05, 0) is 41.6 Å². The fourth-order valence-corrected chi connectivity index (χ4v) is 2.12. The number of halogens is 2. The smallest absolute Gasteiger partial charge is 0.209 e. The zero-order valence-electron chi connectivity index (χ0n) is 9.55. The fourth-order valence-electron chi connectivity index (χ4n) is 1.91. The largest absolute Gasteiger partial charge is 0.280 e. The Hall–Kier alpha value is -2.27. The fraction of sp³-hybridized carbons (Fsp3) is 0. The third-order valence-corrected chi connectivity index (χ3v) is 3.08. The normalized spacial score (nSPS) is 10.8. The monoisotopic (exact) mass is 275 g/mol. The quantitative estimate of drug-likeness (QED) is 0.658. The second-order valence-electron chi connectivity index (χ2n) is 3.93. The van der Waals surface area contributed by atoms with Crippen molar-refractivity contribution in [3.05, 3.63) is 58.3 Å². The highest BCUT2D eigenvalue weighted by molar-refractivity contribution is 6.33. The van der Waals surface area contributed by atoms with Crippen molar-refractivity contribution in [1.29, 1.82) is 0 Å². The maximum atomic E-state index is 12.9. The Bertz CT molecular complexity index is 767. The highest BCUT2D eigenvalue weighted by Gasteiger charge is 2.16. The summed E-state index contributed by atoms with van der Waals surface area (Å²) >= 11 is 6.02. The van der Waals surface area contributed by atoms with Crippen molar-refractivity contribution in [2.75, 3.05) is 0 Å². The molecule has 1 aromatic carbocycles. The molecule has 0 amide bonds. The van der Waals surface area contributed by atoms with Crippen molar-refractivity contribution in [1.82, 2.24) is 9.38 Å². The number of fused-ring (bicyclic) bond motifs is 1. The average Bonchev–Trinajstić information content (AvgIpc) is 2.79. The predicted octanol–water partition coefficient (Wildman–Crippen LogP) is 4.19. The summed E-state index contributed by atoms with van der Waals surface area (Å²) in [7, 11) is 0. The molecule has 0 bridgehead atoms. The van der Waals surface area contributed by atoms with Gasteiger partial charge < -0.3 is 0 Å². The molecule has 0 fully saturated rings. The molecule has 19 heavy (non-hydrogen) atoms. The number of hydrogen-bond acceptors (Lipinski definition) is 3. The van der Waals surface area contributed by atoms with Crippen molar-refractivity contribution in [3.8, 4) is 11.3 Å². The van der Waals surface area contributed by atoms with Crippen LogP contribution in [0, 0.1) is 10.7 Å². The van der Waals surface area contributed by atoms with Crippen LogP contribution in [0.3, 0.4) is 0 Å². The lowest BCUT2D eigenvalue weighted by molar-refractivity contribution is 0.628. The topological polar surface area (TPSA) is 46.7 Å². The van der Waals surface area contributed by atoms with Crippen LogP contribution < -0.4 is 0 Å². The van der Waals surface area contributed by atoms with E-state index in [0.29, 0.717) is 21.9 Å². The molecule has 0 N–H and O–H groups in total. The number of rotatable bonds is 2. The van der Waals surface area contributed by atoms with Crippen LogP contribution in [0.2, 0.25) is 5.02 Å². The van der Waals surface area contributed by atoms with E-state index in [1.165, 1.54) is 16.5 Å². The predicted molar refractivity (Wildman–Crippen MR) is 71.1 cm³/mol. The number of aromatic nitrogens is 2. The van der Waals surface area contributed by atoms with E-state index in [0.717, 1.165) is 0 Å². The van der Waals surface area contributed by atoms with Crippen molar-refractivity contribution in [3.63, 3.8) is 0 Å². The van der Waals surface area contributed by atoms with E-state index in [9.17, 15) is 9.30 Å². The molecule has 0 atom stereocenters. The highest BCUT2D eigenvalue weighted by Crippen LogP contribution is 2.32. The van der Waals surface area contributed by atoms with E-state index in [1.54, 1.807) is 30.5 Å². The van der Waals surface area contributed by atoms with Gasteiger partial charge >= 0.3 is 0 Å². The molecule has 0 aliphatic carbocycles. The molecular weight excluding hydrogens is 269 g/mol. The van der Waals surface area contributed by atoms with Crippen molar-refractivity contribution >= 4 is 23.1 Å². The Kier molecular flexibility index (Phi) is 2.76. The minimum absolute atomic E-state index is 0.143. The molecule has 3 aromatic rings. The number of benzene rings is 1. The lowest BCUT2D eigenvalue weighted by atomic mass is 10.1. The van der Waals surface area contributed by atoms with Crippen LogP contribution in [0.25, 0.3) is 16.9 Å². The van der Waals surface area contributed by atoms with Crippen LogP contribution >= 0.6 is 11.6 Å². The second kappa shape index (κ2) is 4.44. The van der Waals surface area contributed by atoms with Gasteiger partial charge in [0, 0.05) is 11.8 Å². The van der Waals surface area contributed by atoms with Gasteiger partial charge in [-0.25, -0.2) is 9.37 Å². The summed E-state index contributed by atoms with van der Waals surface area (Å²) in [6.07, 6.45) is 1.65. The third-order valence-electron chi connectivity index (χ3n) is 2.78. The summed E-state index contributed by atoms with van der Waals surface area (Å²) in [6.45, 7) is 0. The summed E-state index contributed by atoms with van der Waals surface area (Å²) in [6, 6.07) is 9.05. The van der Waals surface area contributed by atoms with E-state index in [2.05, 4.69) is 10.2 Å². The van der Waals surface area contributed by atoms with Gasteiger partial charge in [0.1, 0.15) is 11.5 Å². The molecule has 0 radical (unpaired) electrons. The Labute approximate surface area is 112 Å². The lowest BCUT2D eigenvalue weighted by Gasteiger charge is -1.97. The highest BCUT2D eigenvalue weighted by atomic mass is 35.5. The van der Waals surface area contributed by atoms with Gasteiger partial charge in [-0.3, -0.25) is 4.40 Å². The van der Waals surface area contributed by atoms with Gasteiger partial charge in [-0.2, -0.15) is 0 Å². The van der Waals surface area contributed by atoms with Crippen molar-refractivity contribution in [2.45, 2.75) is 0 Å². The number of imidazole rings is 1. The first-order valence-electron chi connectivity index (χ1n) is 5.46. The molecule has 4 nitrogen and oxygen atoms in total. The molecule has 3 rings (SSSR count). The van der Waals surface area contributed by atoms with Crippen LogP contribution in [0.4, 0.5) is 10.2 Å². The Morgan fingerprint density at radius 2 is 1.95 bits per heavy atom. The van der Waals surface area contributed by atoms with E-state index in [4.69, 9.17) is 11.6 Å². The minimum atomic E-state index is -0.355.